The van der Waals surface area contributed by atoms with Gasteiger partial charge in [-0.05, 0) is 12.1 Å². The van der Waals surface area contributed by atoms with Gasteiger partial charge in [-0.1, -0.05) is 11.3 Å². The monoisotopic (exact) mass is 279 g/mol. The molecule has 0 unspecified atom stereocenters. The van der Waals surface area contributed by atoms with E-state index in [9.17, 15) is 4.39 Å². The van der Waals surface area contributed by atoms with Crippen LogP contribution in [0.5, 0.6) is 0 Å². The van der Waals surface area contributed by atoms with E-state index in [1.165, 1.54) is 23.5 Å². The molecule has 1 aromatic carbocycles. The summed E-state index contributed by atoms with van der Waals surface area (Å²) in [6, 6.07) is 4.67. The number of hydrogen-bond donors (Lipinski definition) is 1. The lowest BCUT2D eigenvalue weighted by Crippen LogP contribution is -2.04. The Bertz CT molecular complexity index is 648. The summed E-state index contributed by atoms with van der Waals surface area (Å²) in [6.45, 7) is 0.784. The van der Waals surface area contributed by atoms with Crippen molar-refractivity contribution in [2.75, 3.05) is 11.9 Å². The van der Waals surface area contributed by atoms with E-state index in [2.05, 4.69) is 15.3 Å². The molecule has 2 aromatic heterocycles. The van der Waals surface area contributed by atoms with Crippen LogP contribution >= 0.6 is 22.7 Å². The van der Waals surface area contributed by atoms with Crippen molar-refractivity contribution in [2.24, 2.45) is 0 Å². The van der Waals surface area contributed by atoms with E-state index in [0.29, 0.717) is 5.52 Å². The van der Waals surface area contributed by atoms with E-state index in [-0.39, 0.29) is 5.82 Å². The maximum Gasteiger partial charge on any atom is 0.183 e. The van der Waals surface area contributed by atoms with Gasteiger partial charge < -0.3 is 5.32 Å². The van der Waals surface area contributed by atoms with Crippen LogP contribution in [-0.2, 0) is 6.42 Å². The summed E-state index contributed by atoms with van der Waals surface area (Å²) in [5.41, 5.74) is 3.62. The van der Waals surface area contributed by atoms with Crippen LogP contribution in [0.4, 0.5) is 9.52 Å². The van der Waals surface area contributed by atoms with Gasteiger partial charge in [0.25, 0.3) is 0 Å². The van der Waals surface area contributed by atoms with E-state index in [1.807, 2.05) is 10.9 Å². The Labute approximate surface area is 111 Å². The van der Waals surface area contributed by atoms with Gasteiger partial charge in [0.15, 0.2) is 5.13 Å². The van der Waals surface area contributed by atoms with Crippen LogP contribution in [0.1, 0.15) is 5.69 Å². The molecule has 0 aliphatic heterocycles. The van der Waals surface area contributed by atoms with Crippen LogP contribution in [-0.4, -0.2) is 16.5 Å². The van der Waals surface area contributed by atoms with Crippen molar-refractivity contribution >= 4 is 38.0 Å². The van der Waals surface area contributed by atoms with Gasteiger partial charge in [0.2, 0.25) is 0 Å². The van der Waals surface area contributed by atoms with E-state index in [0.717, 1.165) is 28.5 Å². The van der Waals surface area contributed by atoms with Crippen molar-refractivity contribution in [2.45, 2.75) is 6.42 Å². The second kappa shape index (κ2) is 4.99. The first-order chi connectivity index (χ1) is 8.81. The van der Waals surface area contributed by atoms with Gasteiger partial charge in [0, 0.05) is 24.4 Å². The summed E-state index contributed by atoms with van der Waals surface area (Å²) in [5.74, 6) is -0.248. The minimum Gasteiger partial charge on any atom is -0.361 e. The van der Waals surface area contributed by atoms with E-state index in [4.69, 9.17) is 0 Å². The molecule has 0 amide bonds. The van der Waals surface area contributed by atoms with E-state index in [1.54, 1.807) is 17.4 Å². The molecule has 0 aliphatic rings. The minimum absolute atomic E-state index is 0.248. The lowest BCUT2D eigenvalue weighted by molar-refractivity contribution is 0.629. The zero-order valence-corrected chi connectivity index (χ0v) is 11.0. The normalized spacial score (nSPS) is 10.9. The molecule has 3 rings (SSSR count). The number of hydrogen-bond acceptors (Lipinski definition) is 5. The van der Waals surface area contributed by atoms with Gasteiger partial charge in [-0.2, -0.15) is 0 Å². The molecule has 18 heavy (non-hydrogen) atoms. The largest absolute Gasteiger partial charge is 0.361 e. The zero-order chi connectivity index (χ0) is 12.4. The van der Waals surface area contributed by atoms with Crippen LogP contribution in [0.25, 0.3) is 10.2 Å². The molecule has 0 fully saturated rings. The third-order valence-corrected chi connectivity index (χ3v) is 4.12. The maximum atomic E-state index is 13.0. The average molecular weight is 279 g/mol. The summed E-state index contributed by atoms with van der Waals surface area (Å²) in [7, 11) is 0. The highest BCUT2D eigenvalue weighted by molar-refractivity contribution is 7.22. The van der Waals surface area contributed by atoms with Crippen molar-refractivity contribution < 1.29 is 4.39 Å². The lowest BCUT2D eigenvalue weighted by Gasteiger charge is -1.99. The van der Waals surface area contributed by atoms with Crippen LogP contribution in [0.15, 0.2) is 29.1 Å². The Morgan fingerprint density at radius 3 is 3.11 bits per heavy atom. The van der Waals surface area contributed by atoms with Crippen molar-refractivity contribution in [3.63, 3.8) is 0 Å². The first-order valence-corrected chi connectivity index (χ1v) is 7.24. The highest BCUT2D eigenvalue weighted by Gasteiger charge is 2.04. The number of anilines is 1. The van der Waals surface area contributed by atoms with Crippen molar-refractivity contribution in [3.8, 4) is 0 Å². The van der Waals surface area contributed by atoms with Gasteiger partial charge in [-0.15, -0.1) is 11.3 Å². The maximum absolute atomic E-state index is 13.0. The topological polar surface area (TPSA) is 37.8 Å². The first-order valence-electron chi connectivity index (χ1n) is 5.48. The summed E-state index contributed by atoms with van der Waals surface area (Å²) < 4.78 is 14.0. The minimum atomic E-state index is -0.248. The number of nitrogens with one attached hydrogen (secondary N) is 1. The van der Waals surface area contributed by atoms with Gasteiger partial charge in [0.05, 0.1) is 21.4 Å². The number of benzene rings is 1. The molecule has 2 heterocycles. The van der Waals surface area contributed by atoms with Gasteiger partial charge in [0.1, 0.15) is 5.82 Å². The average Bonchev–Trinajstić information content (AvgIpc) is 2.97. The van der Waals surface area contributed by atoms with E-state index < -0.39 is 0 Å². The Balaban J connectivity index is 1.67. The predicted octanol–water partition coefficient (Wildman–Crippen LogP) is 3.55. The molecule has 0 radical (unpaired) electrons. The molecule has 92 valence electrons. The Morgan fingerprint density at radius 1 is 1.33 bits per heavy atom. The lowest BCUT2D eigenvalue weighted by atomic mass is 10.3. The fraction of sp³-hybridized carbons (Fsp3) is 0.167. The number of aromatic nitrogens is 2. The molecule has 6 heteroatoms. The summed E-state index contributed by atoms with van der Waals surface area (Å²) in [5, 5.41) is 6.10. The zero-order valence-electron chi connectivity index (χ0n) is 9.39. The number of nitrogens with zero attached hydrogens (tertiary/aromatic N) is 2. The van der Waals surface area contributed by atoms with E-state index >= 15 is 0 Å². The molecule has 0 saturated heterocycles. The van der Waals surface area contributed by atoms with Gasteiger partial charge in [-0.25, -0.2) is 14.4 Å². The molecule has 3 nitrogen and oxygen atoms in total. The molecule has 3 aromatic rings. The number of fused-ring (bicyclic) bond motifs is 1. The molecular formula is C12H10FN3S2. The molecule has 0 aliphatic carbocycles. The third kappa shape index (κ3) is 2.49. The second-order valence-corrected chi connectivity index (χ2v) is 5.54. The standard InChI is InChI=1S/C12H10FN3S2/c13-8-1-2-11-10(5-8)16-12(18-11)14-4-3-9-6-17-7-15-9/h1-2,5-7H,3-4H2,(H,14,16). The molecule has 1 N–H and O–H groups in total. The fourth-order valence-electron chi connectivity index (χ4n) is 1.63. The number of halogens is 1. The van der Waals surface area contributed by atoms with Gasteiger partial charge in [-0.3, -0.25) is 0 Å². The van der Waals surface area contributed by atoms with Crippen molar-refractivity contribution in [1.29, 1.82) is 0 Å². The quantitative estimate of drug-likeness (QED) is 0.793. The molecule has 0 spiro atoms. The Hall–Kier alpha value is -1.53. The van der Waals surface area contributed by atoms with Crippen LogP contribution in [0.3, 0.4) is 0 Å². The second-order valence-electron chi connectivity index (χ2n) is 3.79. The molecule has 0 saturated carbocycles. The van der Waals surface area contributed by atoms with Crippen LogP contribution < -0.4 is 5.32 Å². The summed E-state index contributed by atoms with van der Waals surface area (Å²) >= 11 is 3.13. The molecule has 0 atom stereocenters. The highest BCUT2D eigenvalue weighted by atomic mass is 32.1. The van der Waals surface area contributed by atoms with Crippen LogP contribution in [0, 0.1) is 5.82 Å². The summed E-state index contributed by atoms with van der Waals surface area (Å²) in [6.07, 6.45) is 0.869. The number of rotatable bonds is 4. The Kier molecular flexibility index (Phi) is 3.21. The van der Waals surface area contributed by atoms with Crippen LogP contribution in [0.2, 0.25) is 0 Å². The third-order valence-electron chi connectivity index (χ3n) is 2.49. The van der Waals surface area contributed by atoms with Gasteiger partial charge >= 0.3 is 0 Å². The number of thiazole rings is 2. The predicted molar refractivity (Wildman–Crippen MR) is 73.9 cm³/mol. The smallest absolute Gasteiger partial charge is 0.183 e. The summed E-state index contributed by atoms with van der Waals surface area (Å²) in [4.78, 5) is 8.56. The van der Waals surface area contributed by atoms with Crippen molar-refractivity contribution in [3.05, 3.63) is 40.6 Å². The Morgan fingerprint density at radius 2 is 2.28 bits per heavy atom. The first kappa shape index (κ1) is 11.6. The molecule has 0 bridgehead atoms. The SMILES string of the molecule is Fc1ccc2sc(NCCc3cscn3)nc2c1. The van der Waals surface area contributed by atoms with Crippen molar-refractivity contribution in [1.82, 2.24) is 9.97 Å². The fourth-order valence-corrected chi connectivity index (χ4v) is 3.10. The molecular weight excluding hydrogens is 269 g/mol. The highest BCUT2D eigenvalue weighted by Crippen LogP contribution is 2.26.